The second-order valence-electron chi connectivity index (χ2n) is 2.93. The summed E-state index contributed by atoms with van der Waals surface area (Å²) < 4.78 is 22.3. The Kier molecular flexibility index (Phi) is 4.22. The molecule has 0 fully saturated rings. The van der Waals surface area contributed by atoms with E-state index in [2.05, 4.69) is 47.8 Å². The Morgan fingerprint density at radius 1 is 1.29 bits per heavy atom. The van der Waals surface area contributed by atoms with Crippen molar-refractivity contribution in [3.8, 4) is 0 Å². The molecule has 6 nitrogen and oxygen atoms in total. The molecule has 94 valence electrons. The molecule has 0 unspecified atom stereocenters. The van der Waals surface area contributed by atoms with Gasteiger partial charge >= 0.3 is 0 Å². The largest absolute Gasteiger partial charge is 0.393 e. The van der Waals surface area contributed by atoms with Gasteiger partial charge in [-0.25, -0.2) is 8.42 Å². The molecule has 0 atom stereocenters. The number of sulfone groups is 1. The van der Waals surface area contributed by atoms with Crippen LogP contribution in [-0.4, -0.2) is 14.8 Å². The van der Waals surface area contributed by atoms with E-state index in [9.17, 15) is 18.5 Å². The molecule has 0 saturated carbocycles. The maximum Gasteiger partial charge on any atom is 0.293 e. The molecule has 0 aliphatic carbocycles. The van der Waals surface area contributed by atoms with Gasteiger partial charge in [0.25, 0.3) is 5.69 Å². The van der Waals surface area contributed by atoms with E-state index >= 15 is 0 Å². The molecule has 10 heteroatoms. The Morgan fingerprint density at radius 2 is 1.82 bits per heavy atom. The number of nitro benzene ring substituents is 1. The van der Waals surface area contributed by atoms with Crippen LogP contribution in [-0.2, 0) is 9.84 Å². The molecule has 0 bridgehead atoms. The Balaban J connectivity index is 3.46. The fraction of sp³-hybridized carbons (Fsp3) is 0.143. The third kappa shape index (κ3) is 2.98. The second kappa shape index (κ2) is 4.82. The molecule has 0 saturated heterocycles. The van der Waals surface area contributed by atoms with Crippen molar-refractivity contribution < 1.29 is 13.3 Å². The van der Waals surface area contributed by atoms with E-state index in [1.54, 1.807) is 0 Å². The smallest absolute Gasteiger partial charge is 0.293 e. The molecule has 0 heterocycles. The summed E-state index contributed by atoms with van der Waals surface area (Å²) in [6, 6.07) is 3.27. The quantitative estimate of drug-likeness (QED) is 0.321. The third-order valence-electron chi connectivity index (χ3n) is 1.81. The van der Waals surface area contributed by atoms with Gasteiger partial charge < -0.3 is 5.73 Å². The van der Waals surface area contributed by atoms with Crippen LogP contribution < -0.4 is 5.73 Å². The topological polar surface area (TPSA) is 103 Å². The van der Waals surface area contributed by atoms with E-state index in [4.69, 9.17) is 5.73 Å². The summed E-state index contributed by atoms with van der Waals surface area (Å²) in [7, 11) is -3.86. The standard InChI is InChI=1S/C7H5Br3N2O4S/c8-7(9,10)17(15,16)4-1-2-5(11)6(3-4)12(13)14/h1-3H,11H2. The first-order chi connectivity index (χ1) is 7.57. The number of hydrogen-bond donors (Lipinski definition) is 1. The van der Waals surface area contributed by atoms with Gasteiger partial charge in [-0.05, 0) is 59.9 Å². The lowest BCUT2D eigenvalue weighted by atomic mass is 10.3. The highest BCUT2D eigenvalue weighted by molar-refractivity contribution is 9.42. The predicted molar refractivity (Wildman–Crippen MR) is 74.2 cm³/mol. The Hall–Kier alpha value is -0.190. The minimum absolute atomic E-state index is 0.0988. The number of nitro groups is 1. The lowest BCUT2D eigenvalue weighted by Crippen LogP contribution is -2.18. The molecule has 0 radical (unpaired) electrons. The van der Waals surface area contributed by atoms with Crippen LogP contribution >= 0.6 is 47.8 Å². The molecule has 0 amide bonds. The molecule has 2 N–H and O–H groups in total. The summed E-state index contributed by atoms with van der Waals surface area (Å²) >= 11 is 8.58. The molecule has 0 aromatic heterocycles. The summed E-state index contributed by atoms with van der Waals surface area (Å²) in [5.74, 6) is 0. The van der Waals surface area contributed by atoms with Gasteiger partial charge in [0.15, 0.2) is 0 Å². The number of hydrogen-bond acceptors (Lipinski definition) is 5. The van der Waals surface area contributed by atoms with Gasteiger partial charge in [-0.2, -0.15) is 0 Å². The van der Waals surface area contributed by atoms with Gasteiger partial charge in [0, 0.05) is 6.07 Å². The summed E-state index contributed by atoms with van der Waals surface area (Å²) in [6.07, 6.45) is 0. The second-order valence-corrected chi connectivity index (χ2v) is 13.4. The minimum Gasteiger partial charge on any atom is -0.393 e. The van der Waals surface area contributed by atoms with Gasteiger partial charge in [-0.1, -0.05) is 0 Å². The van der Waals surface area contributed by atoms with Crippen molar-refractivity contribution in [1.29, 1.82) is 0 Å². The average molecular weight is 453 g/mol. The number of nitrogen functional groups attached to an aromatic ring is 1. The monoisotopic (exact) mass is 450 g/mol. The van der Waals surface area contributed by atoms with Crippen LogP contribution in [0.4, 0.5) is 11.4 Å². The number of nitrogens with zero attached hydrogens (tertiary/aromatic N) is 1. The average Bonchev–Trinajstić information content (AvgIpc) is 2.15. The van der Waals surface area contributed by atoms with Crippen molar-refractivity contribution in [1.82, 2.24) is 0 Å². The molecule has 0 aliphatic rings. The van der Waals surface area contributed by atoms with Gasteiger partial charge in [0.2, 0.25) is 11.3 Å². The van der Waals surface area contributed by atoms with Crippen molar-refractivity contribution in [2.75, 3.05) is 5.73 Å². The van der Waals surface area contributed by atoms with E-state index in [1.165, 1.54) is 12.1 Å². The van der Waals surface area contributed by atoms with E-state index in [1.807, 2.05) is 0 Å². The number of anilines is 1. The summed E-state index contributed by atoms with van der Waals surface area (Å²) in [5, 5.41) is 10.6. The lowest BCUT2D eigenvalue weighted by molar-refractivity contribution is -0.384. The van der Waals surface area contributed by atoms with Crippen LogP contribution in [0.5, 0.6) is 0 Å². The van der Waals surface area contributed by atoms with Gasteiger partial charge in [0.05, 0.1) is 9.82 Å². The first-order valence-corrected chi connectivity index (χ1v) is 7.79. The highest BCUT2D eigenvalue weighted by atomic mass is 80.0. The normalized spacial score (nSPS) is 12.4. The SMILES string of the molecule is Nc1ccc(S(=O)(=O)C(Br)(Br)Br)cc1[N+](=O)[O-]. The molecule has 1 aromatic rings. The first kappa shape index (κ1) is 14.9. The Morgan fingerprint density at radius 3 is 2.24 bits per heavy atom. The van der Waals surface area contributed by atoms with Gasteiger partial charge in [0.1, 0.15) is 5.69 Å². The molecule has 17 heavy (non-hydrogen) atoms. The zero-order valence-corrected chi connectivity index (χ0v) is 13.5. The fourth-order valence-electron chi connectivity index (χ4n) is 0.982. The number of nitrogens with two attached hydrogens (primary N) is 1. The van der Waals surface area contributed by atoms with Crippen LogP contribution in [0.25, 0.3) is 0 Å². The highest BCUT2D eigenvalue weighted by Gasteiger charge is 2.38. The Labute approximate surface area is 122 Å². The molecular formula is C7H5Br3N2O4S. The number of rotatable bonds is 2. The van der Waals surface area contributed by atoms with Gasteiger partial charge in [-0.15, -0.1) is 0 Å². The maximum absolute atomic E-state index is 11.9. The van der Waals surface area contributed by atoms with Crippen molar-refractivity contribution in [3.05, 3.63) is 28.3 Å². The summed E-state index contributed by atoms with van der Waals surface area (Å²) in [4.78, 5) is 9.67. The van der Waals surface area contributed by atoms with Gasteiger partial charge in [-0.3, -0.25) is 10.1 Å². The molecule has 0 spiro atoms. The Bertz CT molecular complexity index is 567. The summed E-state index contributed by atoms with van der Waals surface area (Å²) in [5.41, 5.74) is 4.82. The predicted octanol–water partition coefficient (Wildman–Crippen LogP) is 2.75. The maximum atomic E-state index is 11.9. The first-order valence-electron chi connectivity index (χ1n) is 3.92. The molecule has 1 aromatic carbocycles. The van der Waals surface area contributed by atoms with Crippen LogP contribution in [0.2, 0.25) is 0 Å². The van der Waals surface area contributed by atoms with Crippen molar-refractivity contribution in [3.63, 3.8) is 0 Å². The lowest BCUT2D eigenvalue weighted by Gasteiger charge is -2.13. The highest BCUT2D eigenvalue weighted by Crippen LogP contribution is 2.44. The summed E-state index contributed by atoms with van der Waals surface area (Å²) in [6.45, 7) is 0. The third-order valence-corrected chi connectivity index (χ3v) is 7.13. The van der Waals surface area contributed by atoms with E-state index in [-0.39, 0.29) is 10.6 Å². The number of alkyl halides is 3. The van der Waals surface area contributed by atoms with E-state index in [0.717, 1.165) is 6.07 Å². The van der Waals surface area contributed by atoms with Crippen molar-refractivity contribution in [2.45, 2.75) is 6.37 Å². The van der Waals surface area contributed by atoms with Crippen LogP contribution in [0.1, 0.15) is 0 Å². The van der Waals surface area contributed by atoms with Crippen molar-refractivity contribution in [2.24, 2.45) is 0 Å². The zero-order valence-electron chi connectivity index (χ0n) is 7.93. The molecule has 0 aliphatic heterocycles. The van der Waals surface area contributed by atoms with E-state index in [0.29, 0.717) is 0 Å². The number of benzene rings is 1. The number of halogens is 3. The molecular weight excluding hydrogens is 448 g/mol. The fourth-order valence-corrected chi connectivity index (χ4v) is 3.45. The van der Waals surface area contributed by atoms with E-state index < -0.39 is 21.9 Å². The minimum atomic E-state index is -3.86. The van der Waals surface area contributed by atoms with Crippen LogP contribution in [0.15, 0.2) is 23.1 Å². The van der Waals surface area contributed by atoms with Crippen LogP contribution in [0.3, 0.4) is 0 Å². The van der Waals surface area contributed by atoms with Crippen LogP contribution in [0, 0.1) is 10.1 Å². The molecule has 1 rings (SSSR count). The van der Waals surface area contributed by atoms with Crippen molar-refractivity contribution >= 4 is 69.0 Å². The zero-order chi connectivity index (χ0) is 13.4.